The lowest BCUT2D eigenvalue weighted by Gasteiger charge is -2.21. The molecular formula is C14H28N2. The zero-order valence-corrected chi connectivity index (χ0v) is 10.9. The van der Waals surface area contributed by atoms with Crippen LogP contribution in [-0.2, 0) is 0 Å². The molecule has 2 fully saturated rings. The van der Waals surface area contributed by atoms with E-state index in [0.29, 0.717) is 0 Å². The first-order valence-electron chi connectivity index (χ1n) is 7.35. The van der Waals surface area contributed by atoms with E-state index in [0.717, 1.165) is 12.0 Å². The Labute approximate surface area is 101 Å². The predicted molar refractivity (Wildman–Crippen MR) is 69.7 cm³/mol. The van der Waals surface area contributed by atoms with Crippen LogP contribution < -0.4 is 5.32 Å². The molecule has 0 bridgehead atoms. The van der Waals surface area contributed by atoms with Crippen LogP contribution in [0.5, 0.6) is 0 Å². The first kappa shape index (κ1) is 12.4. The van der Waals surface area contributed by atoms with Crippen LogP contribution in [-0.4, -0.2) is 37.1 Å². The smallest absolute Gasteiger partial charge is 0.0110 e. The summed E-state index contributed by atoms with van der Waals surface area (Å²) in [6.45, 7) is 7.33. The van der Waals surface area contributed by atoms with E-state index < -0.39 is 0 Å². The lowest BCUT2D eigenvalue weighted by molar-refractivity contribution is 0.261. The summed E-state index contributed by atoms with van der Waals surface area (Å²) < 4.78 is 0. The van der Waals surface area contributed by atoms with Gasteiger partial charge in [0.2, 0.25) is 0 Å². The number of hydrogen-bond donors (Lipinski definition) is 1. The molecule has 2 heteroatoms. The fraction of sp³-hybridized carbons (Fsp3) is 1.00. The van der Waals surface area contributed by atoms with Crippen LogP contribution in [0.4, 0.5) is 0 Å². The van der Waals surface area contributed by atoms with Crippen molar-refractivity contribution >= 4 is 0 Å². The Kier molecular flexibility index (Phi) is 5.11. The van der Waals surface area contributed by atoms with Gasteiger partial charge < -0.3 is 5.32 Å². The molecule has 2 rings (SSSR count). The molecule has 0 amide bonds. The highest BCUT2D eigenvalue weighted by atomic mass is 15.2. The Balaban J connectivity index is 1.51. The Hall–Kier alpha value is -0.0800. The van der Waals surface area contributed by atoms with Crippen LogP contribution in [0.2, 0.25) is 0 Å². The maximum absolute atomic E-state index is 3.66. The van der Waals surface area contributed by atoms with Gasteiger partial charge in [-0.15, -0.1) is 0 Å². The van der Waals surface area contributed by atoms with Gasteiger partial charge >= 0.3 is 0 Å². The highest BCUT2D eigenvalue weighted by Gasteiger charge is 2.27. The maximum Gasteiger partial charge on any atom is 0.0110 e. The van der Waals surface area contributed by atoms with Crippen molar-refractivity contribution in [3.8, 4) is 0 Å². The molecule has 0 aliphatic heterocycles. The lowest BCUT2D eigenvalue weighted by atomic mass is 10.1. The van der Waals surface area contributed by atoms with E-state index in [9.17, 15) is 0 Å². The SMILES string of the molecule is CCCN(CCNCC1CCCC1)C1CC1. The maximum atomic E-state index is 3.66. The number of nitrogens with zero attached hydrogens (tertiary/aromatic N) is 1. The molecule has 94 valence electrons. The third kappa shape index (κ3) is 4.06. The van der Waals surface area contributed by atoms with Gasteiger partial charge in [-0.25, -0.2) is 0 Å². The zero-order valence-electron chi connectivity index (χ0n) is 10.9. The third-order valence-corrected chi connectivity index (χ3v) is 4.06. The molecule has 0 aromatic heterocycles. The topological polar surface area (TPSA) is 15.3 Å². The Bertz CT molecular complexity index is 183. The molecule has 0 aromatic carbocycles. The van der Waals surface area contributed by atoms with Crippen LogP contribution in [0.1, 0.15) is 51.9 Å². The summed E-state index contributed by atoms with van der Waals surface area (Å²) in [7, 11) is 0. The van der Waals surface area contributed by atoms with Gasteiger partial charge in [-0.1, -0.05) is 19.8 Å². The fourth-order valence-electron chi connectivity index (χ4n) is 2.95. The van der Waals surface area contributed by atoms with E-state index in [1.807, 2.05) is 0 Å². The summed E-state index contributed by atoms with van der Waals surface area (Å²) in [5, 5.41) is 3.66. The van der Waals surface area contributed by atoms with Crippen LogP contribution in [0.15, 0.2) is 0 Å². The van der Waals surface area contributed by atoms with E-state index in [-0.39, 0.29) is 0 Å². The van der Waals surface area contributed by atoms with Gasteiger partial charge in [0.25, 0.3) is 0 Å². The molecule has 2 saturated carbocycles. The van der Waals surface area contributed by atoms with Gasteiger partial charge in [-0.05, 0) is 51.1 Å². The Morgan fingerprint density at radius 3 is 2.44 bits per heavy atom. The highest BCUT2D eigenvalue weighted by molar-refractivity contribution is 4.84. The molecule has 0 heterocycles. The molecule has 1 N–H and O–H groups in total. The average Bonchev–Trinajstić information content (AvgIpc) is 3.01. The van der Waals surface area contributed by atoms with Crippen molar-refractivity contribution in [2.24, 2.45) is 5.92 Å². The third-order valence-electron chi connectivity index (χ3n) is 4.06. The molecule has 16 heavy (non-hydrogen) atoms. The minimum atomic E-state index is 0.938. The van der Waals surface area contributed by atoms with Crippen molar-refractivity contribution in [3.63, 3.8) is 0 Å². The van der Waals surface area contributed by atoms with E-state index in [1.165, 1.54) is 71.1 Å². The summed E-state index contributed by atoms with van der Waals surface area (Å²) in [6.07, 6.45) is 10.1. The summed E-state index contributed by atoms with van der Waals surface area (Å²) in [5.74, 6) is 0.987. The Morgan fingerprint density at radius 1 is 1.06 bits per heavy atom. The lowest BCUT2D eigenvalue weighted by Crippen LogP contribution is -2.35. The van der Waals surface area contributed by atoms with E-state index in [2.05, 4.69) is 17.1 Å². The van der Waals surface area contributed by atoms with Crippen LogP contribution in [0, 0.1) is 5.92 Å². The van der Waals surface area contributed by atoms with Gasteiger partial charge in [0.05, 0.1) is 0 Å². The molecule has 2 aliphatic carbocycles. The van der Waals surface area contributed by atoms with Gasteiger partial charge in [0.1, 0.15) is 0 Å². The highest BCUT2D eigenvalue weighted by Crippen LogP contribution is 2.26. The standard InChI is InChI=1S/C14H28N2/c1-2-10-16(14-7-8-14)11-9-15-12-13-5-3-4-6-13/h13-15H,2-12H2,1H3. The summed E-state index contributed by atoms with van der Waals surface area (Å²) in [6, 6.07) is 0.938. The Morgan fingerprint density at radius 2 is 1.81 bits per heavy atom. The number of nitrogens with one attached hydrogen (secondary N) is 1. The first-order chi connectivity index (χ1) is 7.90. The van der Waals surface area contributed by atoms with Gasteiger partial charge in [-0.2, -0.15) is 0 Å². The second kappa shape index (κ2) is 6.61. The molecule has 0 unspecified atom stereocenters. The molecule has 2 aliphatic rings. The molecular weight excluding hydrogens is 196 g/mol. The van der Waals surface area contributed by atoms with E-state index in [1.54, 1.807) is 0 Å². The molecule has 0 saturated heterocycles. The van der Waals surface area contributed by atoms with Crippen molar-refractivity contribution in [1.82, 2.24) is 10.2 Å². The van der Waals surface area contributed by atoms with Crippen LogP contribution in [0.25, 0.3) is 0 Å². The molecule has 0 spiro atoms. The molecule has 0 radical (unpaired) electrons. The zero-order chi connectivity index (χ0) is 11.2. The number of hydrogen-bond acceptors (Lipinski definition) is 2. The normalized spacial score (nSPS) is 22.1. The second-order valence-corrected chi connectivity index (χ2v) is 5.62. The minimum Gasteiger partial charge on any atom is -0.315 e. The van der Waals surface area contributed by atoms with Crippen molar-refractivity contribution in [1.29, 1.82) is 0 Å². The number of rotatable bonds is 8. The van der Waals surface area contributed by atoms with Crippen molar-refractivity contribution < 1.29 is 0 Å². The first-order valence-corrected chi connectivity index (χ1v) is 7.35. The fourth-order valence-corrected chi connectivity index (χ4v) is 2.95. The van der Waals surface area contributed by atoms with E-state index in [4.69, 9.17) is 0 Å². The monoisotopic (exact) mass is 224 g/mol. The average molecular weight is 224 g/mol. The molecule has 2 nitrogen and oxygen atoms in total. The van der Waals surface area contributed by atoms with E-state index >= 15 is 0 Å². The second-order valence-electron chi connectivity index (χ2n) is 5.62. The van der Waals surface area contributed by atoms with Gasteiger partial charge in [0, 0.05) is 19.1 Å². The van der Waals surface area contributed by atoms with Crippen LogP contribution >= 0.6 is 0 Å². The quantitative estimate of drug-likeness (QED) is 0.638. The van der Waals surface area contributed by atoms with Crippen molar-refractivity contribution in [3.05, 3.63) is 0 Å². The predicted octanol–water partition coefficient (Wildman–Crippen LogP) is 2.64. The largest absolute Gasteiger partial charge is 0.315 e. The molecule has 0 aromatic rings. The summed E-state index contributed by atoms with van der Waals surface area (Å²) in [4.78, 5) is 2.68. The minimum absolute atomic E-state index is 0.938. The summed E-state index contributed by atoms with van der Waals surface area (Å²) in [5.41, 5.74) is 0. The van der Waals surface area contributed by atoms with Crippen molar-refractivity contribution in [2.45, 2.75) is 57.9 Å². The van der Waals surface area contributed by atoms with Crippen molar-refractivity contribution in [2.75, 3.05) is 26.2 Å². The van der Waals surface area contributed by atoms with Gasteiger partial charge in [-0.3, -0.25) is 4.90 Å². The van der Waals surface area contributed by atoms with Gasteiger partial charge in [0.15, 0.2) is 0 Å². The van der Waals surface area contributed by atoms with Crippen LogP contribution in [0.3, 0.4) is 0 Å². The summed E-state index contributed by atoms with van der Waals surface area (Å²) >= 11 is 0. The molecule has 0 atom stereocenters.